The van der Waals surface area contributed by atoms with Crippen LogP contribution in [-0.2, 0) is 0 Å². The first-order valence-corrected chi connectivity index (χ1v) is 7.12. The quantitative estimate of drug-likeness (QED) is 0.764. The fraction of sp³-hybridized carbons (Fsp3) is 0.125. The van der Waals surface area contributed by atoms with Gasteiger partial charge in [-0.05, 0) is 32.0 Å². The van der Waals surface area contributed by atoms with Gasteiger partial charge in [0.2, 0.25) is 0 Å². The van der Waals surface area contributed by atoms with Gasteiger partial charge in [0.25, 0.3) is 5.91 Å². The molecule has 3 rings (SSSR count). The molecular formula is C16H14FN5O2. The number of aromatic nitrogens is 3. The average Bonchev–Trinajstić information content (AvgIpc) is 2.91. The van der Waals surface area contributed by atoms with E-state index in [4.69, 9.17) is 4.52 Å². The first-order valence-electron chi connectivity index (χ1n) is 7.12. The Morgan fingerprint density at radius 3 is 2.67 bits per heavy atom. The lowest BCUT2D eigenvalue weighted by atomic mass is 10.3. The van der Waals surface area contributed by atoms with Crippen LogP contribution in [0.25, 0.3) is 0 Å². The van der Waals surface area contributed by atoms with Crippen LogP contribution < -0.4 is 10.6 Å². The van der Waals surface area contributed by atoms with E-state index in [0.717, 1.165) is 0 Å². The van der Waals surface area contributed by atoms with E-state index in [9.17, 15) is 9.18 Å². The van der Waals surface area contributed by atoms with Gasteiger partial charge in [-0.25, -0.2) is 14.4 Å². The summed E-state index contributed by atoms with van der Waals surface area (Å²) in [6.07, 6.45) is 0. The molecule has 2 N–H and O–H groups in total. The summed E-state index contributed by atoms with van der Waals surface area (Å²) in [4.78, 5) is 20.6. The van der Waals surface area contributed by atoms with Gasteiger partial charge in [-0.2, -0.15) is 0 Å². The molecule has 24 heavy (non-hydrogen) atoms. The Hall–Kier alpha value is -3.29. The number of carbonyl (C=O) groups excluding carboxylic acids is 1. The van der Waals surface area contributed by atoms with Crippen molar-refractivity contribution < 1.29 is 13.7 Å². The zero-order valence-electron chi connectivity index (χ0n) is 13.0. The van der Waals surface area contributed by atoms with E-state index in [1.54, 1.807) is 26.0 Å². The van der Waals surface area contributed by atoms with Crippen LogP contribution in [0.1, 0.15) is 22.1 Å². The molecule has 0 aliphatic carbocycles. The molecule has 0 bridgehead atoms. The maximum atomic E-state index is 13.2. The molecule has 0 fully saturated rings. The molecule has 122 valence electrons. The van der Waals surface area contributed by atoms with Gasteiger partial charge in [0, 0.05) is 17.8 Å². The monoisotopic (exact) mass is 327 g/mol. The van der Waals surface area contributed by atoms with Crippen molar-refractivity contribution in [1.82, 2.24) is 15.1 Å². The van der Waals surface area contributed by atoms with Gasteiger partial charge in [0.05, 0.1) is 0 Å². The summed E-state index contributed by atoms with van der Waals surface area (Å²) in [5, 5.41) is 9.33. The van der Waals surface area contributed by atoms with Crippen LogP contribution >= 0.6 is 0 Å². The third kappa shape index (κ3) is 3.72. The number of nitrogens with zero attached hydrogens (tertiary/aromatic N) is 3. The number of amides is 1. The molecule has 0 atom stereocenters. The minimum atomic E-state index is -0.467. The van der Waals surface area contributed by atoms with Crippen molar-refractivity contribution in [3.8, 4) is 0 Å². The minimum Gasteiger partial charge on any atom is -0.360 e. The molecule has 0 spiro atoms. The number of benzene rings is 1. The van der Waals surface area contributed by atoms with E-state index >= 15 is 0 Å². The first-order chi connectivity index (χ1) is 11.5. The SMILES string of the molecule is Cc1nc(Nc2cc(C)on2)cc(C(=O)Nc2cccc(F)c2)n1. The van der Waals surface area contributed by atoms with Crippen LogP contribution in [-0.4, -0.2) is 21.0 Å². The molecule has 2 heterocycles. The Morgan fingerprint density at radius 2 is 1.96 bits per heavy atom. The van der Waals surface area contributed by atoms with Crippen LogP contribution in [0.15, 0.2) is 40.9 Å². The summed E-state index contributed by atoms with van der Waals surface area (Å²) in [7, 11) is 0. The maximum absolute atomic E-state index is 13.2. The number of hydrogen-bond acceptors (Lipinski definition) is 6. The number of rotatable bonds is 4. The van der Waals surface area contributed by atoms with Crippen LogP contribution in [0.4, 0.5) is 21.7 Å². The van der Waals surface area contributed by atoms with Gasteiger partial charge in [0.1, 0.15) is 28.9 Å². The van der Waals surface area contributed by atoms with Crippen molar-refractivity contribution in [2.45, 2.75) is 13.8 Å². The number of hydrogen-bond donors (Lipinski definition) is 2. The Balaban J connectivity index is 1.81. The number of aryl methyl sites for hydroxylation is 2. The molecule has 1 aromatic carbocycles. The molecular weight excluding hydrogens is 313 g/mol. The first kappa shape index (κ1) is 15.6. The van der Waals surface area contributed by atoms with Gasteiger partial charge in [-0.15, -0.1) is 0 Å². The highest BCUT2D eigenvalue weighted by Crippen LogP contribution is 2.16. The lowest BCUT2D eigenvalue weighted by Gasteiger charge is -2.08. The van der Waals surface area contributed by atoms with E-state index < -0.39 is 11.7 Å². The van der Waals surface area contributed by atoms with Gasteiger partial charge in [-0.3, -0.25) is 4.79 Å². The third-order valence-electron chi connectivity index (χ3n) is 3.04. The summed E-state index contributed by atoms with van der Waals surface area (Å²) in [6.45, 7) is 3.43. The zero-order valence-corrected chi connectivity index (χ0v) is 13.0. The Kier molecular flexibility index (Phi) is 4.19. The van der Waals surface area contributed by atoms with Gasteiger partial charge >= 0.3 is 0 Å². The van der Waals surface area contributed by atoms with Crippen molar-refractivity contribution >= 4 is 23.2 Å². The van der Waals surface area contributed by atoms with E-state index in [1.807, 2.05) is 0 Å². The molecule has 0 aliphatic rings. The molecule has 1 amide bonds. The third-order valence-corrected chi connectivity index (χ3v) is 3.04. The highest BCUT2D eigenvalue weighted by atomic mass is 19.1. The highest BCUT2D eigenvalue weighted by Gasteiger charge is 2.12. The summed E-state index contributed by atoms with van der Waals surface area (Å²) < 4.78 is 18.2. The topological polar surface area (TPSA) is 92.9 Å². The molecule has 0 radical (unpaired) electrons. The number of nitrogens with one attached hydrogen (secondary N) is 2. The van der Waals surface area contributed by atoms with Crippen LogP contribution in [0, 0.1) is 19.7 Å². The van der Waals surface area contributed by atoms with Crippen LogP contribution in [0.5, 0.6) is 0 Å². The normalized spacial score (nSPS) is 10.5. The Labute approximate surface area is 136 Å². The molecule has 8 heteroatoms. The molecule has 0 saturated heterocycles. The Morgan fingerprint density at radius 1 is 1.12 bits per heavy atom. The molecule has 0 unspecified atom stereocenters. The summed E-state index contributed by atoms with van der Waals surface area (Å²) >= 11 is 0. The fourth-order valence-electron chi connectivity index (χ4n) is 2.07. The van der Waals surface area contributed by atoms with Crippen LogP contribution in [0.2, 0.25) is 0 Å². The Bertz CT molecular complexity index is 894. The number of carbonyl (C=O) groups is 1. The smallest absolute Gasteiger partial charge is 0.274 e. The average molecular weight is 327 g/mol. The lowest BCUT2D eigenvalue weighted by molar-refractivity contribution is 0.102. The van der Waals surface area contributed by atoms with Crippen LogP contribution in [0.3, 0.4) is 0 Å². The lowest BCUT2D eigenvalue weighted by Crippen LogP contribution is -2.15. The molecule has 2 aromatic heterocycles. The fourth-order valence-corrected chi connectivity index (χ4v) is 2.07. The van der Waals surface area contributed by atoms with E-state index in [0.29, 0.717) is 28.9 Å². The molecule has 7 nitrogen and oxygen atoms in total. The molecule has 0 aliphatic heterocycles. The molecule has 0 saturated carbocycles. The summed E-state index contributed by atoms with van der Waals surface area (Å²) in [5.74, 6) is 1.03. The second kappa shape index (κ2) is 6.45. The predicted molar refractivity (Wildman–Crippen MR) is 85.6 cm³/mol. The van der Waals surface area contributed by atoms with Gasteiger partial charge in [0.15, 0.2) is 5.82 Å². The summed E-state index contributed by atoms with van der Waals surface area (Å²) in [5.41, 5.74) is 0.493. The van der Waals surface area contributed by atoms with E-state index in [1.165, 1.54) is 24.3 Å². The van der Waals surface area contributed by atoms with Crippen molar-refractivity contribution in [3.63, 3.8) is 0 Å². The van der Waals surface area contributed by atoms with Crippen molar-refractivity contribution in [2.24, 2.45) is 0 Å². The van der Waals surface area contributed by atoms with Crippen molar-refractivity contribution in [1.29, 1.82) is 0 Å². The van der Waals surface area contributed by atoms with E-state index in [-0.39, 0.29) is 5.69 Å². The zero-order chi connectivity index (χ0) is 17.1. The number of anilines is 3. The van der Waals surface area contributed by atoms with E-state index in [2.05, 4.69) is 25.8 Å². The second-order valence-corrected chi connectivity index (χ2v) is 5.10. The summed E-state index contributed by atoms with van der Waals surface area (Å²) in [6, 6.07) is 8.80. The maximum Gasteiger partial charge on any atom is 0.274 e. The standard InChI is InChI=1S/C16H14FN5O2/c1-9-6-15(22-24-9)21-14-8-13(18-10(2)19-14)16(23)20-12-5-3-4-11(17)7-12/h3-8H,1-2H3,(H,20,23)(H,18,19,21,22). The van der Waals surface area contributed by atoms with Crippen molar-refractivity contribution in [3.05, 3.63) is 59.5 Å². The predicted octanol–water partition coefficient (Wildman–Crippen LogP) is 3.22. The van der Waals surface area contributed by atoms with Crippen molar-refractivity contribution in [2.75, 3.05) is 10.6 Å². The van der Waals surface area contributed by atoms with Gasteiger partial charge in [-0.1, -0.05) is 11.2 Å². The van der Waals surface area contributed by atoms with Gasteiger partial charge < -0.3 is 15.2 Å². The minimum absolute atomic E-state index is 0.148. The molecule has 3 aromatic rings. The second-order valence-electron chi connectivity index (χ2n) is 5.10. The number of halogens is 1. The highest BCUT2D eigenvalue weighted by molar-refractivity contribution is 6.03. The largest absolute Gasteiger partial charge is 0.360 e.